The minimum atomic E-state index is 0.479. The molecule has 1 rings (SSSR count). The third-order valence-corrected chi connectivity index (χ3v) is 1.69. The Morgan fingerprint density at radius 2 is 2.22 bits per heavy atom. The smallest absolute Gasteiger partial charge is 0.0477 e. The first kappa shape index (κ1) is 6.64. The highest BCUT2D eigenvalue weighted by Crippen LogP contribution is 2.13. The molecule has 0 N–H and O–H groups in total. The second kappa shape index (κ2) is 3.53. The third-order valence-electron chi connectivity index (χ3n) is 1.69. The van der Waals surface area contributed by atoms with Gasteiger partial charge in [0, 0.05) is 19.1 Å². The van der Waals surface area contributed by atoms with Crippen LogP contribution in [0, 0.1) is 18.3 Å². The van der Waals surface area contributed by atoms with Crippen LogP contribution < -0.4 is 0 Å². The van der Waals surface area contributed by atoms with Gasteiger partial charge in [0.1, 0.15) is 0 Å². The molecule has 0 amide bonds. The molecule has 1 fully saturated rings. The highest BCUT2D eigenvalue weighted by atomic mass is 16.5. The number of hydrogen-bond donors (Lipinski definition) is 0. The minimum absolute atomic E-state index is 0.479. The van der Waals surface area contributed by atoms with Crippen molar-refractivity contribution in [2.45, 2.75) is 19.3 Å². The lowest BCUT2D eigenvalue weighted by Crippen LogP contribution is -1.96. The Bertz CT molecular complexity index is 104. The lowest BCUT2D eigenvalue weighted by Gasteiger charge is -2.01. The number of hydrogen-bond acceptors (Lipinski definition) is 1. The van der Waals surface area contributed by atoms with Gasteiger partial charge < -0.3 is 4.74 Å². The molecule has 0 bridgehead atoms. The Morgan fingerprint density at radius 3 is 3.00 bits per heavy atom. The summed E-state index contributed by atoms with van der Waals surface area (Å²) in [5.74, 6) is 3.24. The molecule has 1 aliphatic heterocycles. The Balaban J connectivity index is 2.29. The quantitative estimate of drug-likeness (QED) is 0.444. The van der Waals surface area contributed by atoms with Crippen LogP contribution in [0.3, 0.4) is 0 Å². The second-order valence-corrected chi connectivity index (χ2v) is 2.41. The molecule has 0 aromatic heterocycles. The number of terminal acetylenes is 1. The van der Waals surface area contributed by atoms with Gasteiger partial charge in [0.2, 0.25) is 0 Å². The van der Waals surface area contributed by atoms with Crippen LogP contribution in [0.1, 0.15) is 19.3 Å². The van der Waals surface area contributed by atoms with Gasteiger partial charge in [-0.05, 0) is 19.3 Å². The van der Waals surface area contributed by atoms with Crippen molar-refractivity contribution in [3.05, 3.63) is 0 Å². The summed E-state index contributed by atoms with van der Waals surface area (Å²) in [5, 5.41) is 0. The Morgan fingerprint density at radius 1 is 1.33 bits per heavy atom. The maximum Gasteiger partial charge on any atom is 0.0477 e. The van der Waals surface area contributed by atoms with E-state index < -0.39 is 0 Å². The maximum absolute atomic E-state index is 5.27. The molecule has 0 aromatic rings. The summed E-state index contributed by atoms with van der Waals surface area (Å²) in [6.07, 6.45) is 8.60. The largest absolute Gasteiger partial charge is 0.381 e. The zero-order valence-corrected chi connectivity index (χ0v) is 5.60. The molecule has 0 radical (unpaired) electrons. The molecule has 0 saturated carbocycles. The van der Waals surface area contributed by atoms with Crippen LogP contribution in [0.2, 0.25) is 0 Å². The van der Waals surface area contributed by atoms with E-state index in [1.807, 2.05) is 0 Å². The van der Waals surface area contributed by atoms with Crippen LogP contribution in [0.15, 0.2) is 0 Å². The monoisotopic (exact) mass is 124 g/mol. The first-order valence-electron chi connectivity index (χ1n) is 3.47. The van der Waals surface area contributed by atoms with E-state index >= 15 is 0 Å². The van der Waals surface area contributed by atoms with Crippen molar-refractivity contribution < 1.29 is 4.74 Å². The average Bonchev–Trinajstić information content (AvgIpc) is 2.13. The predicted molar refractivity (Wildman–Crippen MR) is 37.0 cm³/mol. The minimum Gasteiger partial charge on any atom is -0.381 e. The molecular weight excluding hydrogens is 112 g/mol. The number of ether oxygens (including phenoxy) is 1. The highest BCUT2D eigenvalue weighted by molar-refractivity contribution is 4.93. The topological polar surface area (TPSA) is 9.23 Å². The van der Waals surface area contributed by atoms with E-state index in [2.05, 4.69) is 5.92 Å². The van der Waals surface area contributed by atoms with Gasteiger partial charge >= 0.3 is 0 Å². The lowest BCUT2D eigenvalue weighted by molar-refractivity contribution is 0.143. The molecule has 1 heterocycles. The van der Waals surface area contributed by atoms with Gasteiger partial charge in [0.05, 0.1) is 0 Å². The van der Waals surface area contributed by atoms with E-state index in [0.29, 0.717) is 5.92 Å². The van der Waals surface area contributed by atoms with E-state index in [1.54, 1.807) is 0 Å². The van der Waals surface area contributed by atoms with E-state index in [0.717, 1.165) is 32.5 Å². The van der Waals surface area contributed by atoms with E-state index in [4.69, 9.17) is 11.2 Å². The van der Waals surface area contributed by atoms with E-state index in [9.17, 15) is 0 Å². The van der Waals surface area contributed by atoms with Crippen molar-refractivity contribution in [3.63, 3.8) is 0 Å². The highest BCUT2D eigenvalue weighted by Gasteiger charge is 2.07. The van der Waals surface area contributed by atoms with Crippen molar-refractivity contribution in [3.8, 4) is 12.3 Å². The predicted octanol–water partition coefficient (Wildman–Crippen LogP) is 1.44. The summed E-state index contributed by atoms with van der Waals surface area (Å²) >= 11 is 0. The van der Waals surface area contributed by atoms with Gasteiger partial charge in [0.15, 0.2) is 0 Å². The molecule has 1 heteroatoms. The van der Waals surface area contributed by atoms with Gasteiger partial charge in [-0.2, -0.15) is 0 Å². The first-order valence-corrected chi connectivity index (χ1v) is 3.47. The summed E-state index contributed by atoms with van der Waals surface area (Å²) < 4.78 is 5.23. The van der Waals surface area contributed by atoms with E-state index in [-0.39, 0.29) is 0 Å². The van der Waals surface area contributed by atoms with Crippen LogP contribution in [0.25, 0.3) is 0 Å². The lowest BCUT2D eigenvalue weighted by atomic mass is 10.0. The molecule has 1 nitrogen and oxygen atoms in total. The SMILES string of the molecule is C#CC1CCCOCC1. The van der Waals surface area contributed by atoms with Gasteiger partial charge in [-0.1, -0.05) is 0 Å². The molecule has 50 valence electrons. The van der Waals surface area contributed by atoms with Crippen LogP contribution in [-0.4, -0.2) is 13.2 Å². The summed E-state index contributed by atoms with van der Waals surface area (Å²) in [7, 11) is 0. The fourth-order valence-corrected chi connectivity index (χ4v) is 1.07. The molecular formula is C8H12O. The van der Waals surface area contributed by atoms with Crippen molar-refractivity contribution in [2.75, 3.05) is 13.2 Å². The molecule has 1 saturated heterocycles. The summed E-state index contributed by atoms with van der Waals surface area (Å²) in [6.45, 7) is 1.76. The molecule has 1 atom stereocenters. The molecule has 1 aliphatic rings. The molecule has 0 aromatic carbocycles. The normalized spacial score (nSPS) is 28.6. The van der Waals surface area contributed by atoms with Crippen molar-refractivity contribution in [2.24, 2.45) is 5.92 Å². The third kappa shape index (κ3) is 2.07. The first-order chi connectivity index (χ1) is 4.43. The van der Waals surface area contributed by atoms with Gasteiger partial charge in [-0.25, -0.2) is 0 Å². The number of rotatable bonds is 0. The van der Waals surface area contributed by atoms with Crippen molar-refractivity contribution in [1.29, 1.82) is 0 Å². The standard InChI is InChI=1S/C8H12O/c1-2-8-4-3-6-9-7-5-8/h1,8H,3-7H2. The molecule has 9 heavy (non-hydrogen) atoms. The summed E-state index contributed by atoms with van der Waals surface area (Å²) in [6, 6.07) is 0. The Labute approximate surface area is 56.4 Å². The van der Waals surface area contributed by atoms with Gasteiger partial charge in [-0.3, -0.25) is 0 Å². The zero-order valence-electron chi connectivity index (χ0n) is 5.60. The summed E-state index contributed by atoms with van der Waals surface area (Å²) in [5.41, 5.74) is 0. The molecule has 0 spiro atoms. The second-order valence-electron chi connectivity index (χ2n) is 2.41. The van der Waals surface area contributed by atoms with Crippen molar-refractivity contribution in [1.82, 2.24) is 0 Å². The fraction of sp³-hybridized carbons (Fsp3) is 0.750. The van der Waals surface area contributed by atoms with Crippen LogP contribution in [0.5, 0.6) is 0 Å². The fourth-order valence-electron chi connectivity index (χ4n) is 1.07. The van der Waals surface area contributed by atoms with Gasteiger partial charge in [-0.15, -0.1) is 12.3 Å². The molecule has 1 unspecified atom stereocenters. The van der Waals surface area contributed by atoms with Gasteiger partial charge in [0.25, 0.3) is 0 Å². The Kier molecular flexibility index (Phi) is 2.60. The van der Waals surface area contributed by atoms with Crippen LogP contribution >= 0.6 is 0 Å². The summed E-state index contributed by atoms with van der Waals surface area (Å²) in [4.78, 5) is 0. The maximum atomic E-state index is 5.27. The molecule has 0 aliphatic carbocycles. The van der Waals surface area contributed by atoms with Crippen LogP contribution in [-0.2, 0) is 4.74 Å². The van der Waals surface area contributed by atoms with Crippen molar-refractivity contribution >= 4 is 0 Å². The van der Waals surface area contributed by atoms with Crippen LogP contribution in [0.4, 0.5) is 0 Å². The van der Waals surface area contributed by atoms with E-state index in [1.165, 1.54) is 0 Å². The zero-order chi connectivity index (χ0) is 6.53. The average molecular weight is 124 g/mol. The Hall–Kier alpha value is -0.480.